The van der Waals surface area contributed by atoms with Crippen molar-refractivity contribution in [2.24, 2.45) is 5.92 Å². The first-order valence-corrected chi connectivity index (χ1v) is 12.1. The monoisotopic (exact) mass is 478 g/mol. The van der Waals surface area contributed by atoms with Gasteiger partial charge in [-0.3, -0.25) is 4.98 Å². The number of halogens is 1. The normalized spacial score (nSPS) is 28.3. The summed E-state index contributed by atoms with van der Waals surface area (Å²) in [6.07, 6.45) is 4.79. The molecule has 0 unspecified atom stereocenters. The molecular weight excluding hydrogens is 452 g/mol. The van der Waals surface area contributed by atoms with Crippen LogP contribution in [0.3, 0.4) is 0 Å². The molecule has 31 heavy (non-hydrogen) atoms. The molecule has 2 atom stereocenters. The molecule has 3 aromatic rings. The van der Waals surface area contributed by atoms with Crippen molar-refractivity contribution in [3.05, 3.63) is 69.8 Å². The first-order chi connectivity index (χ1) is 15.0. The predicted octanol–water partition coefficient (Wildman–Crippen LogP) is 4.59. The maximum Gasteiger partial charge on any atom is 0.115 e. The summed E-state index contributed by atoms with van der Waals surface area (Å²) < 4.78 is 1.04. The van der Waals surface area contributed by atoms with Crippen LogP contribution in [0, 0.1) is 5.92 Å². The van der Waals surface area contributed by atoms with E-state index in [9.17, 15) is 10.2 Å². The second-order valence-corrected chi connectivity index (χ2v) is 10.7. The van der Waals surface area contributed by atoms with E-state index in [0.29, 0.717) is 19.4 Å². The van der Waals surface area contributed by atoms with Crippen LogP contribution in [0.2, 0.25) is 0 Å². The molecule has 0 spiro atoms. The lowest BCUT2D eigenvalue weighted by Gasteiger charge is -2.56. The number of β-amino-alcohol motifs (C(OH)–C–C–N with tert-alkyl or cyclic N) is 1. The van der Waals surface area contributed by atoms with Crippen LogP contribution in [0.5, 0.6) is 5.75 Å². The van der Waals surface area contributed by atoms with Crippen molar-refractivity contribution in [3.63, 3.8) is 0 Å². The third-order valence-electron chi connectivity index (χ3n) is 7.77. The quantitative estimate of drug-likeness (QED) is 0.577. The third kappa shape index (κ3) is 3.21. The van der Waals surface area contributed by atoms with Crippen LogP contribution in [-0.2, 0) is 18.3 Å². The standard InChI is InChI=1S/C26H27BrN2O2/c27-22-5-2-6-23-21(22)11-18-13-26(31)16-29(15-17-7-8-17)10-9-25(26,14-24(18)28-23)19-3-1-4-20(30)12-19/h1-6,11-12,17,30-31H,7-10,13-16H2/t25-,26-/m0/s1. The smallest absolute Gasteiger partial charge is 0.115 e. The van der Waals surface area contributed by atoms with E-state index in [0.717, 1.165) is 57.6 Å². The highest BCUT2D eigenvalue weighted by atomic mass is 79.9. The van der Waals surface area contributed by atoms with Crippen molar-refractivity contribution in [1.29, 1.82) is 0 Å². The lowest BCUT2D eigenvalue weighted by atomic mass is 9.56. The summed E-state index contributed by atoms with van der Waals surface area (Å²) in [5.74, 6) is 1.06. The van der Waals surface area contributed by atoms with Gasteiger partial charge in [0.15, 0.2) is 0 Å². The second-order valence-electron chi connectivity index (χ2n) is 9.85. The van der Waals surface area contributed by atoms with E-state index < -0.39 is 11.0 Å². The molecule has 2 N–H and O–H groups in total. The van der Waals surface area contributed by atoms with Gasteiger partial charge in [0.2, 0.25) is 0 Å². The van der Waals surface area contributed by atoms with Gasteiger partial charge < -0.3 is 15.1 Å². The number of hydrogen-bond acceptors (Lipinski definition) is 4. The van der Waals surface area contributed by atoms with E-state index in [1.165, 1.54) is 12.8 Å². The summed E-state index contributed by atoms with van der Waals surface area (Å²) in [6.45, 7) is 2.74. The van der Waals surface area contributed by atoms with E-state index in [2.05, 4.69) is 39.0 Å². The topological polar surface area (TPSA) is 56.6 Å². The van der Waals surface area contributed by atoms with Gasteiger partial charge in [-0.25, -0.2) is 0 Å². The van der Waals surface area contributed by atoms with Crippen LogP contribution in [0.4, 0.5) is 0 Å². The summed E-state index contributed by atoms with van der Waals surface area (Å²) in [7, 11) is 0. The zero-order valence-electron chi connectivity index (χ0n) is 17.5. The zero-order valence-corrected chi connectivity index (χ0v) is 19.1. The number of aromatic nitrogens is 1. The average molecular weight is 479 g/mol. The number of phenolic OH excluding ortho intramolecular Hbond substituents is 1. The van der Waals surface area contributed by atoms with Gasteiger partial charge in [0, 0.05) is 46.9 Å². The summed E-state index contributed by atoms with van der Waals surface area (Å²) >= 11 is 3.67. The zero-order chi connectivity index (χ0) is 21.2. The number of phenols is 1. The van der Waals surface area contributed by atoms with Gasteiger partial charge in [-0.2, -0.15) is 0 Å². The summed E-state index contributed by atoms with van der Waals surface area (Å²) in [5, 5.41) is 23.7. The summed E-state index contributed by atoms with van der Waals surface area (Å²) in [5.41, 5.74) is 2.90. The fourth-order valence-electron chi connectivity index (χ4n) is 5.95. The highest BCUT2D eigenvalue weighted by Crippen LogP contribution is 2.51. The van der Waals surface area contributed by atoms with Gasteiger partial charge in [0.1, 0.15) is 5.75 Å². The molecule has 2 fully saturated rings. The number of aliphatic hydroxyl groups is 1. The lowest BCUT2D eigenvalue weighted by molar-refractivity contribution is -0.104. The molecule has 1 saturated heterocycles. The molecule has 6 rings (SSSR count). The Kier molecular flexibility index (Phi) is 4.47. The van der Waals surface area contributed by atoms with Crippen molar-refractivity contribution in [3.8, 4) is 5.75 Å². The van der Waals surface area contributed by atoms with E-state index in [1.807, 2.05) is 24.3 Å². The molecule has 160 valence electrons. The Hall–Kier alpha value is -1.95. The molecule has 1 aliphatic heterocycles. The summed E-state index contributed by atoms with van der Waals surface area (Å²) in [6, 6.07) is 15.9. The maximum absolute atomic E-state index is 12.3. The van der Waals surface area contributed by atoms with Crippen molar-refractivity contribution >= 4 is 26.8 Å². The fourth-order valence-corrected chi connectivity index (χ4v) is 6.42. The van der Waals surface area contributed by atoms with Crippen molar-refractivity contribution < 1.29 is 10.2 Å². The predicted molar refractivity (Wildman–Crippen MR) is 125 cm³/mol. The molecule has 2 aliphatic carbocycles. The SMILES string of the molecule is Oc1cccc([C@@]23CCN(CC4CC4)C[C@@]2(O)Cc2cc4c(Br)cccc4nc2C3)c1. The summed E-state index contributed by atoms with van der Waals surface area (Å²) in [4.78, 5) is 7.52. The average Bonchev–Trinajstić information content (AvgIpc) is 3.55. The van der Waals surface area contributed by atoms with Gasteiger partial charge in [0.05, 0.1) is 11.1 Å². The minimum atomic E-state index is -0.891. The van der Waals surface area contributed by atoms with Crippen LogP contribution < -0.4 is 0 Å². The van der Waals surface area contributed by atoms with Gasteiger partial charge in [-0.15, -0.1) is 0 Å². The molecular formula is C26H27BrN2O2. The molecule has 0 radical (unpaired) electrons. The fraction of sp³-hybridized carbons (Fsp3) is 0.423. The number of aromatic hydroxyl groups is 1. The number of piperidine rings is 1. The third-order valence-corrected chi connectivity index (χ3v) is 8.46. The minimum absolute atomic E-state index is 0.260. The molecule has 3 aliphatic rings. The van der Waals surface area contributed by atoms with Crippen LogP contribution in [0.15, 0.2) is 53.0 Å². The van der Waals surface area contributed by atoms with E-state index in [4.69, 9.17) is 4.98 Å². The van der Waals surface area contributed by atoms with Crippen LogP contribution >= 0.6 is 15.9 Å². The van der Waals surface area contributed by atoms with Crippen molar-refractivity contribution in [2.45, 2.75) is 43.1 Å². The van der Waals surface area contributed by atoms with Crippen molar-refractivity contribution in [1.82, 2.24) is 9.88 Å². The number of likely N-dealkylation sites (tertiary alicyclic amines) is 1. The Balaban J connectivity index is 1.49. The molecule has 1 aromatic heterocycles. The van der Waals surface area contributed by atoms with Crippen LogP contribution in [0.25, 0.3) is 10.9 Å². The van der Waals surface area contributed by atoms with Gasteiger partial charge >= 0.3 is 0 Å². The Morgan fingerprint density at radius 1 is 1.10 bits per heavy atom. The second kappa shape index (κ2) is 7.03. The van der Waals surface area contributed by atoms with Crippen LogP contribution in [0.1, 0.15) is 36.1 Å². The number of hydrogen-bond donors (Lipinski definition) is 2. The van der Waals surface area contributed by atoms with Crippen LogP contribution in [-0.4, -0.2) is 45.3 Å². The number of rotatable bonds is 3. The lowest BCUT2D eigenvalue weighted by Crippen LogP contribution is -2.66. The number of fused-ring (bicyclic) bond motifs is 3. The van der Waals surface area contributed by atoms with Gasteiger partial charge in [0.25, 0.3) is 0 Å². The van der Waals surface area contributed by atoms with E-state index in [1.54, 1.807) is 6.07 Å². The highest BCUT2D eigenvalue weighted by Gasteiger charge is 2.57. The number of pyridine rings is 1. The van der Waals surface area contributed by atoms with E-state index >= 15 is 0 Å². The minimum Gasteiger partial charge on any atom is -0.508 e. The van der Waals surface area contributed by atoms with Gasteiger partial charge in [-0.1, -0.05) is 34.1 Å². The first kappa shape index (κ1) is 19.7. The molecule has 5 heteroatoms. The number of nitrogens with zero attached hydrogens (tertiary/aromatic N) is 2. The molecule has 1 saturated carbocycles. The Bertz CT molecular complexity index is 1180. The first-order valence-electron chi connectivity index (χ1n) is 11.3. The Morgan fingerprint density at radius 3 is 2.74 bits per heavy atom. The number of benzene rings is 2. The van der Waals surface area contributed by atoms with Crippen molar-refractivity contribution in [2.75, 3.05) is 19.6 Å². The maximum atomic E-state index is 12.3. The Labute approximate surface area is 191 Å². The molecule has 0 bridgehead atoms. The molecule has 2 aromatic carbocycles. The largest absolute Gasteiger partial charge is 0.508 e. The van der Waals surface area contributed by atoms with Gasteiger partial charge in [-0.05, 0) is 73.2 Å². The van der Waals surface area contributed by atoms with E-state index in [-0.39, 0.29) is 5.75 Å². The molecule has 4 nitrogen and oxygen atoms in total. The highest BCUT2D eigenvalue weighted by molar-refractivity contribution is 9.10. The molecule has 2 heterocycles. The Morgan fingerprint density at radius 2 is 1.94 bits per heavy atom. The molecule has 0 amide bonds.